The van der Waals surface area contributed by atoms with Gasteiger partial charge < -0.3 is 0 Å². The van der Waals surface area contributed by atoms with Gasteiger partial charge in [-0.3, -0.25) is 4.90 Å². The van der Waals surface area contributed by atoms with Crippen molar-refractivity contribution in [1.82, 2.24) is 4.90 Å². The summed E-state index contributed by atoms with van der Waals surface area (Å²) >= 11 is 0. The van der Waals surface area contributed by atoms with Crippen molar-refractivity contribution in [1.29, 1.82) is 0 Å². The Morgan fingerprint density at radius 3 is 1.71 bits per heavy atom. The summed E-state index contributed by atoms with van der Waals surface area (Å²) in [7, 11) is 3.82. The lowest BCUT2D eigenvalue weighted by Gasteiger charge is -2.30. The van der Waals surface area contributed by atoms with Crippen molar-refractivity contribution in [2.24, 2.45) is 0 Å². The molecule has 2 heteroatoms. The van der Waals surface area contributed by atoms with Gasteiger partial charge in [0.25, 0.3) is 0 Å². The Kier molecular flexibility index (Phi) is 5.86. The van der Waals surface area contributed by atoms with Crippen molar-refractivity contribution >= 4 is 18.5 Å². The molecule has 1 atom stereocenters. The summed E-state index contributed by atoms with van der Waals surface area (Å²) in [6, 6.07) is 33.2. The molecule has 1 nitrogen and oxygen atoms in total. The molecule has 0 N–H and O–H groups in total. The Hall–Kier alpha value is -2.47. The SMILES string of the molecule is CN(C)C(C1=C(P(c2ccccc2)c2ccccc2)CC=C1)c1ccccc1. The van der Waals surface area contributed by atoms with Crippen LogP contribution in [0.4, 0.5) is 0 Å². The van der Waals surface area contributed by atoms with Crippen LogP contribution in [0.25, 0.3) is 0 Å². The predicted molar refractivity (Wildman–Crippen MR) is 123 cm³/mol. The average Bonchev–Trinajstić information content (AvgIpc) is 3.19. The van der Waals surface area contributed by atoms with Gasteiger partial charge in [-0.05, 0) is 55.5 Å². The lowest BCUT2D eigenvalue weighted by Crippen LogP contribution is -2.22. The largest absolute Gasteiger partial charge is 0.299 e. The Labute approximate surface area is 169 Å². The van der Waals surface area contributed by atoms with Crippen LogP contribution in [0, 0.1) is 0 Å². The van der Waals surface area contributed by atoms with Gasteiger partial charge in [-0.2, -0.15) is 0 Å². The number of likely N-dealkylation sites (N-methyl/N-ethyl adjacent to an activating group) is 1. The van der Waals surface area contributed by atoms with Gasteiger partial charge in [-0.25, -0.2) is 0 Å². The fourth-order valence-corrected chi connectivity index (χ4v) is 6.59. The zero-order valence-corrected chi connectivity index (χ0v) is 17.4. The maximum Gasteiger partial charge on any atom is 0.0600 e. The van der Waals surface area contributed by atoms with E-state index >= 15 is 0 Å². The van der Waals surface area contributed by atoms with Crippen LogP contribution in [0.1, 0.15) is 18.0 Å². The number of benzene rings is 3. The van der Waals surface area contributed by atoms with Crippen molar-refractivity contribution in [3.05, 3.63) is 120 Å². The molecular formula is C26H26NP. The van der Waals surface area contributed by atoms with E-state index in [9.17, 15) is 0 Å². The molecule has 140 valence electrons. The van der Waals surface area contributed by atoms with Gasteiger partial charge in [0, 0.05) is 0 Å². The molecule has 3 aromatic carbocycles. The van der Waals surface area contributed by atoms with Crippen LogP contribution in [-0.4, -0.2) is 19.0 Å². The summed E-state index contributed by atoms with van der Waals surface area (Å²) in [5.74, 6) is 0. The standard InChI is InChI=1S/C26H26NP/c1-27(2)26(21-13-6-3-7-14-21)24-19-12-20-25(24)28(22-15-8-4-9-16-22)23-17-10-5-11-18-23/h3-19,26H,20H2,1-2H3. The number of hydrogen-bond acceptors (Lipinski definition) is 1. The Morgan fingerprint density at radius 1 is 0.714 bits per heavy atom. The second-order valence-electron chi connectivity index (χ2n) is 7.29. The summed E-state index contributed by atoms with van der Waals surface area (Å²) in [6.45, 7) is 0. The first-order valence-corrected chi connectivity index (χ1v) is 11.1. The minimum absolute atomic E-state index is 0.271. The van der Waals surface area contributed by atoms with E-state index in [2.05, 4.69) is 122 Å². The molecule has 4 rings (SSSR count). The highest BCUT2D eigenvalue weighted by molar-refractivity contribution is 7.76. The molecule has 28 heavy (non-hydrogen) atoms. The number of nitrogens with zero attached hydrogens (tertiary/aromatic N) is 1. The fraction of sp³-hybridized carbons (Fsp3) is 0.154. The molecule has 0 aromatic heterocycles. The zero-order valence-electron chi connectivity index (χ0n) is 16.5. The molecule has 0 bridgehead atoms. The van der Waals surface area contributed by atoms with E-state index in [4.69, 9.17) is 0 Å². The van der Waals surface area contributed by atoms with Crippen molar-refractivity contribution in [2.45, 2.75) is 12.5 Å². The first-order valence-electron chi connectivity index (χ1n) is 9.77. The van der Waals surface area contributed by atoms with Crippen molar-refractivity contribution in [3.8, 4) is 0 Å². The maximum absolute atomic E-state index is 2.36. The highest BCUT2D eigenvalue weighted by Crippen LogP contribution is 2.51. The van der Waals surface area contributed by atoms with Crippen LogP contribution in [-0.2, 0) is 0 Å². The Balaban J connectivity index is 1.87. The van der Waals surface area contributed by atoms with Gasteiger partial charge in [0.05, 0.1) is 6.04 Å². The summed E-state index contributed by atoms with van der Waals surface area (Å²) in [5.41, 5.74) is 2.80. The highest BCUT2D eigenvalue weighted by atomic mass is 31.1. The van der Waals surface area contributed by atoms with Crippen molar-refractivity contribution in [2.75, 3.05) is 14.1 Å². The Morgan fingerprint density at radius 2 is 1.21 bits per heavy atom. The predicted octanol–water partition coefficient (Wildman–Crippen LogP) is 5.64. The van der Waals surface area contributed by atoms with E-state index < -0.39 is 7.92 Å². The third-order valence-electron chi connectivity index (χ3n) is 5.17. The zero-order chi connectivity index (χ0) is 19.3. The second kappa shape index (κ2) is 8.69. The normalized spacial score (nSPS) is 14.9. The van der Waals surface area contributed by atoms with Crippen molar-refractivity contribution < 1.29 is 0 Å². The van der Waals surface area contributed by atoms with E-state index in [0.29, 0.717) is 0 Å². The molecule has 3 aromatic rings. The summed E-state index contributed by atoms with van der Waals surface area (Å²) < 4.78 is 0. The topological polar surface area (TPSA) is 3.24 Å². The lowest BCUT2D eigenvalue weighted by molar-refractivity contribution is 0.341. The maximum atomic E-state index is 2.36. The van der Waals surface area contributed by atoms with Crippen LogP contribution in [0.15, 0.2) is 114 Å². The molecule has 0 amide bonds. The van der Waals surface area contributed by atoms with Crippen LogP contribution >= 0.6 is 7.92 Å². The quantitative estimate of drug-likeness (QED) is 0.498. The molecule has 0 saturated heterocycles. The molecule has 1 aliphatic carbocycles. The number of rotatable bonds is 6. The molecule has 1 aliphatic rings. The van der Waals surface area contributed by atoms with E-state index in [1.807, 2.05) is 0 Å². The minimum Gasteiger partial charge on any atom is -0.299 e. The first kappa shape index (κ1) is 18.9. The monoisotopic (exact) mass is 383 g/mol. The smallest absolute Gasteiger partial charge is 0.0600 e. The third kappa shape index (κ3) is 3.87. The highest BCUT2D eigenvalue weighted by Gasteiger charge is 2.28. The molecule has 0 fully saturated rings. The van der Waals surface area contributed by atoms with Gasteiger partial charge in [0.2, 0.25) is 0 Å². The lowest BCUT2D eigenvalue weighted by atomic mass is 9.98. The van der Waals surface area contributed by atoms with Crippen molar-refractivity contribution in [3.63, 3.8) is 0 Å². The first-order chi connectivity index (χ1) is 13.8. The van der Waals surface area contributed by atoms with Crippen LogP contribution in [0.5, 0.6) is 0 Å². The van der Waals surface area contributed by atoms with Gasteiger partial charge in [-0.15, -0.1) is 0 Å². The van der Waals surface area contributed by atoms with Gasteiger partial charge in [0.15, 0.2) is 0 Å². The van der Waals surface area contributed by atoms with E-state index in [0.717, 1.165) is 6.42 Å². The van der Waals surface area contributed by atoms with E-state index in [-0.39, 0.29) is 6.04 Å². The Bertz CT molecular complexity index is 920. The fourth-order valence-electron chi connectivity index (χ4n) is 3.99. The van der Waals surface area contributed by atoms with E-state index in [1.165, 1.54) is 21.7 Å². The molecule has 0 saturated carbocycles. The molecule has 0 spiro atoms. The molecule has 0 aliphatic heterocycles. The molecule has 1 unspecified atom stereocenters. The summed E-state index contributed by atoms with van der Waals surface area (Å²) in [6.07, 6.45) is 5.72. The van der Waals surface area contributed by atoms with Gasteiger partial charge in [-0.1, -0.05) is 103 Å². The summed E-state index contributed by atoms with van der Waals surface area (Å²) in [4.78, 5) is 2.34. The molecule has 0 radical (unpaired) electrons. The average molecular weight is 383 g/mol. The van der Waals surface area contributed by atoms with Gasteiger partial charge in [0.1, 0.15) is 0 Å². The van der Waals surface area contributed by atoms with E-state index in [1.54, 1.807) is 5.31 Å². The summed E-state index contributed by atoms with van der Waals surface area (Å²) in [5, 5.41) is 4.41. The van der Waals surface area contributed by atoms with Gasteiger partial charge >= 0.3 is 0 Å². The third-order valence-corrected chi connectivity index (χ3v) is 7.78. The second-order valence-corrected chi connectivity index (χ2v) is 9.54. The van der Waals surface area contributed by atoms with Crippen LogP contribution in [0.3, 0.4) is 0 Å². The van der Waals surface area contributed by atoms with Crippen LogP contribution < -0.4 is 10.6 Å². The minimum atomic E-state index is -0.548. The van der Waals surface area contributed by atoms with Crippen LogP contribution in [0.2, 0.25) is 0 Å². The number of allylic oxidation sites excluding steroid dienone is 2. The number of hydrogen-bond donors (Lipinski definition) is 0. The molecular weight excluding hydrogens is 357 g/mol. The molecule has 0 heterocycles.